The van der Waals surface area contributed by atoms with Crippen LogP contribution in [-0.2, 0) is 6.42 Å². The summed E-state index contributed by atoms with van der Waals surface area (Å²) in [5, 5.41) is 0. The lowest BCUT2D eigenvalue weighted by Gasteiger charge is -2.38. The van der Waals surface area contributed by atoms with E-state index in [2.05, 4.69) is 26.0 Å². The minimum absolute atomic E-state index is 0.0701. The van der Waals surface area contributed by atoms with Crippen molar-refractivity contribution in [1.29, 1.82) is 0 Å². The van der Waals surface area contributed by atoms with Crippen LogP contribution in [0.5, 0.6) is 5.75 Å². The molecule has 0 aliphatic heterocycles. The largest absolute Gasteiger partial charge is 0.497 e. The monoisotopic (exact) mass is 233 g/mol. The average molecular weight is 233 g/mol. The van der Waals surface area contributed by atoms with E-state index in [4.69, 9.17) is 10.5 Å². The summed E-state index contributed by atoms with van der Waals surface area (Å²) in [7, 11) is 1.71. The molecule has 1 saturated carbocycles. The van der Waals surface area contributed by atoms with Crippen LogP contribution < -0.4 is 10.5 Å². The topological polar surface area (TPSA) is 35.2 Å². The molecule has 1 fully saturated rings. The van der Waals surface area contributed by atoms with Crippen LogP contribution in [0.4, 0.5) is 0 Å². The highest BCUT2D eigenvalue weighted by Gasteiger charge is 2.45. The predicted molar refractivity (Wildman–Crippen MR) is 71.2 cm³/mol. The Bertz CT molecular complexity index is 400. The Balaban J connectivity index is 2.20. The van der Waals surface area contributed by atoms with Crippen molar-refractivity contribution in [3.05, 3.63) is 29.8 Å². The van der Waals surface area contributed by atoms with Gasteiger partial charge in [0.05, 0.1) is 7.11 Å². The molecular weight excluding hydrogens is 210 g/mol. The summed E-state index contributed by atoms with van der Waals surface area (Å²) in [6.07, 6.45) is 4.54. The lowest BCUT2D eigenvalue weighted by Crippen LogP contribution is -2.50. The smallest absolute Gasteiger partial charge is 0.119 e. The Morgan fingerprint density at radius 2 is 2.06 bits per heavy atom. The summed E-state index contributed by atoms with van der Waals surface area (Å²) >= 11 is 0. The Hall–Kier alpha value is -1.02. The maximum atomic E-state index is 6.62. The summed E-state index contributed by atoms with van der Waals surface area (Å²) in [5.74, 6) is 0.918. The van der Waals surface area contributed by atoms with Gasteiger partial charge in [0.1, 0.15) is 5.75 Å². The van der Waals surface area contributed by atoms with Crippen LogP contribution in [-0.4, -0.2) is 12.6 Å². The van der Waals surface area contributed by atoms with E-state index in [1.807, 2.05) is 12.1 Å². The molecule has 1 aromatic carbocycles. The van der Waals surface area contributed by atoms with Gasteiger partial charge in [-0.05, 0) is 42.4 Å². The molecule has 1 unspecified atom stereocenters. The molecule has 17 heavy (non-hydrogen) atoms. The average Bonchev–Trinajstić information content (AvgIpc) is 2.53. The molecule has 2 rings (SSSR count). The normalized spacial score (nSPS) is 27.1. The molecule has 2 N–H and O–H groups in total. The van der Waals surface area contributed by atoms with Gasteiger partial charge in [-0.15, -0.1) is 0 Å². The van der Waals surface area contributed by atoms with E-state index in [9.17, 15) is 0 Å². The van der Waals surface area contributed by atoms with Gasteiger partial charge < -0.3 is 10.5 Å². The van der Waals surface area contributed by atoms with Crippen molar-refractivity contribution in [1.82, 2.24) is 0 Å². The van der Waals surface area contributed by atoms with Gasteiger partial charge in [-0.3, -0.25) is 0 Å². The second-order valence-electron chi connectivity index (χ2n) is 5.92. The van der Waals surface area contributed by atoms with E-state index in [0.717, 1.165) is 18.6 Å². The fourth-order valence-corrected chi connectivity index (χ4v) is 2.91. The molecule has 0 amide bonds. The minimum Gasteiger partial charge on any atom is -0.497 e. The summed E-state index contributed by atoms with van der Waals surface area (Å²) < 4.78 is 5.26. The van der Waals surface area contributed by atoms with Crippen molar-refractivity contribution >= 4 is 0 Å². The minimum atomic E-state index is -0.0701. The van der Waals surface area contributed by atoms with Crippen LogP contribution in [0.15, 0.2) is 24.3 Å². The van der Waals surface area contributed by atoms with Crippen LogP contribution in [0, 0.1) is 5.41 Å². The van der Waals surface area contributed by atoms with Crippen molar-refractivity contribution < 1.29 is 4.74 Å². The van der Waals surface area contributed by atoms with Crippen LogP contribution >= 0.6 is 0 Å². The van der Waals surface area contributed by atoms with Crippen molar-refractivity contribution in [2.75, 3.05) is 7.11 Å². The van der Waals surface area contributed by atoms with Crippen LogP contribution in [0.1, 0.15) is 38.7 Å². The molecule has 0 aromatic heterocycles. The second-order valence-corrected chi connectivity index (χ2v) is 5.92. The Morgan fingerprint density at radius 3 is 2.65 bits per heavy atom. The maximum absolute atomic E-state index is 6.62. The van der Waals surface area contributed by atoms with E-state index < -0.39 is 0 Å². The number of methoxy groups -OCH3 is 1. The second kappa shape index (κ2) is 4.34. The molecule has 2 heteroatoms. The zero-order valence-electron chi connectivity index (χ0n) is 11.1. The molecular formula is C15H23NO. The van der Waals surface area contributed by atoms with Gasteiger partial charge in [-0.2, -0.15) is 0 Å². The molecule has 1 atom stereocenters. The van der Waals surface area contributed by atoms with Gasteiger partial charge in [0.15, 0.2) is 0 Å². The fourth-order valence-electron chi connectivity index (χ4n) is 2.91. The van der Waals surface area contributed by atoms with Gasteiger partial charge in [-0.1, -0.05) is 32.4 Å². The lowest BCUT2D eigenvalue weighted by atomic mass is 9.72. The molecule has 0 spiro atoms. The first kappa shape index (κ1) is 12.4. The first-order valence-electron chi connectivity index (χ1n) is 6.39. The van der Waals surface area contributed by atoms with Crippen LogP contribution in [0.25, 0.3) is 0 Å². The maximum Gasteiger partial charge on any atom is 0.119 e. The van der Waals surface area contributed by atoms with Gasteiger partial charge in [0.25, 0.3) is 0 Å². The SMILES string of the molecule is COc1cccc(CC2(N)CCCC2(C)C)c1. The van der Waals surface area contributed by atoms with Crippen LogP contribution in [0.3, 0.4) is 0 Å². The Morgan fingerprint density at radius 1 is 1.29 bits per heavy atom. The number of benzene rings is 1. The summed E-state index contributed by atoms with van der Waals surface area (Å²) in [6.45, 7) is 4.58. The van der Waals surface area contributed by atoms with Crippen molar-refractivity contribution in [3.8, 4) is 5.75 Å². The Labute approximate surface area is 104 Å². The molecule has 1 aliphatic carbocycles. The summed E-state index contributed by atoms with van der Waals surface area (Å²) in [5.41, 5.74) is 8.06. The number of rotatable bonds is 3. The first-order chi connectivity index (χ1) is 7.97. The third kappa shape index (κ3) is 2.32. The zero-order chi connectivity index (χ0) is 12.5. The highest BCUT2D eigenvalue weighted by Crippen LogP contribution is 2.46. The number of nitrogens with two attached hydrogens (primary N) is 1. The molecule has 1 aliphatic rings. The quantitative estimate of drug-likeness (QED) is 0.870. The van der Waals surface area contributed by atoms with Gasteiger partial charge in [-0.25, -0.2) is 0 Å². The zero-order valence-corrected chi connectivity index (χ0v) is 11.1. The standard InChI is InChI=1S/C15H23NO/c1-14(2)8-5-9-15(14,16)11-12-6-4-7-13(10-12)17-3/h4,6-7,10H,5,8-9,11,16H2,1-3H3. The fraction of sp³-hybridized carbons (Fsp3) is 0.600. The third-order valence-electron chi connectivity index (χ3n) is 4.43. The molecule has 94 valence electrons. The number of hydrogen-bond donors (Lipinski definition) is 1. The highest BCUT2D eigenvalue weighted by atomic mass is 16.5. The molecule has 0 saturated heterocycles. The molecule has 0 heterocycles. The van der Waals surface area contributed by atoms with E-state index in [1.54, 1.807) is 7.11 Å². The van der Waals surface area contributed by atoms with Gasteiger partial charge in [0, 0.05) is 5.54 Å². The first-order valence-corrected chi connectivity index (χ1v) is 6.39. The lowest BCUT2D eigenvalue weighted by molar-refractivity contribution is 0.207. The van der Waals surface area contributed by atoms with E-state index in [0.29, 0.717) is 0 Å². The van der Waals surface area contributed by atoms with Crippen molar-refractivity contribution in [3.63, 3.8) is 0 Å². The molecule has 0 radical (unpaired) electrons. The predicted octanol–water partition coefficient (Wildman–Crippen LogP) is 3.15. The summed E-state index contributed by atoms with van der Waals surface area (Å²) in [4.78, 5) is 0. The van der Waals surface area contributed by atoms with Gasteiger partial charge in [0.2, 0.25) is 0 Å². The molecule has 2 nitrogen and oxygen atoms in total. The van der Waals surface area contributed by atoms with E-state index >= 15 is 0 Å². The van der Waals surface area contributed by atoms with Crippen molar-refractivity contribution in [2.24, 2.45) is 11.1 Å². The number of hydrogen-bond acceptors (Lipinski definition) is 2. The van der Waals surface area contributed by atoms with Crippen LogP contribution in [0.2, 0.25) is 0 Å². The van der Waals surface area contributed by atoms with Gasteiger partial charge >= 0.3 is 0 Å². The van der Waals surface area contributed by atoms with Crippen molar-refractivity contribution in [2.45, 2.75) is 45.1 Å². The van der Waals surface area contributed by atoms with E-state index in [1.165, 1.54) is 18.4 Å². The molecule has 0 bridgehead atoms. The third-order valence-corrected chi connectivity index (χ3v) is 4.43. The highest BCUT2D eigenvalue weighted by molar-refractivity contribution is 5.30. The Kier molecular flexibility index (Phi) is 3.17. The van der Waals surface area contributed by atoms with E-state index in [-0.39, 0.29) is 11.0 Å². The number of ether oxygens (including phenoxy) is 1. The molecule has 1 aromatic rings. The summed E-state index contributed by atoms with van der Waals surface area (Å²) in [6, 6.07) is 8.26.